The highest BCUT2D eigenvalue weighted by Crippen LogP contribution is 2.15. The van der Waals surface area contributed by atoms with Crippen LogP contribution in [-0.4, -0.2) is 37.2 Å². The van der Waals surface area contributed by atoms with Gasteiger partial charge in [-0.2, -0.15) is 0 Å². The average molecular weight is 924 g/mol. The average Bonchev–Trinajstić information content (AvgIpc) is 3.31. The van der Waals surface area contributed by atoms with Gasteiger partial charge in [-0.25, -0.2) is 0 Å². The SMILES string of the molecule is CC/C=C\C/C=C\C/C=C\C/C=C\CCCCCCC(=O)OC(COC(=O)CCCCCCCCC/C=C\CCCCCCCCC)COC(=O)CCCCCCCCCCCCCCC. The number of carbonyl (C=O) groups is 3. The van der Waals surface area contributed by atoms with Gasteiger partial charge in [0.25, 0.3) is 0 Å². The number of carbonyl (C=O) groups excluding carboxylic acids is 3. The van der Waals surface area contributed by atoms with Crippen LogP contribution in [0.2, 0.25) is 0 Å². The third-order valence-corrected chi connectivity index (χ3v) is 12.3. The molecule has 0 radical (unpaired) electrons. The minimum Gasteiger partial charge on any atom is -0.462 e. The van der Waals surface area contributed by atoms with Crippen molar-refractivity contribution >= 4 is 17.9 Å². The summed E-state index contributed by atoms with van der Waals surface area (Å²) in [5.74, 6) is -0.901. The smallest absolute Gasteiger partial charge is 0.306 e. The first-order valence-corrected chi connectivity index (χ1v) is 28.3. The highest BCUT2D eigenvalue weighted by Gasteiger charge is 2.19. The molecule has 66 heavy (non-hydrogen) atoms. The first-order valence-electron chi connectivity index (χ1n) is 28.3. The Hall–Kier alpha value is -2.89. The molecule has 6 nitrogen and oxygen atoms in total. The minimum atomic E-state index is -0.787. The lowest BCUT2D eigenvalue weighted by atomic mass is 10.0. The van der Waals surface area contributed by atoms with Gasteiger partial charge in [-0.3, -0.25) is 14.4 Å². The molecule has 0 rings (SSSR count). The Bertz CT molecular complexity index is 1200. The Balaban J connectivity index is 4.40. The minimum absolute atomic E-state index is 0.0832. The summed E-state index contributed by atoms with van der Waals surface area (Å²) in [4.78, 5) is 38.1. The highest BCUT2D eigenvalue weighted by molar-refractivity contribution is 5.71. The number of ether oxygens (including phenoxy) is 3. The Morgan fingerprint density at radius 3 is 0.939 bits per heavy atom. The molecule has 0 aromatic carbocycles. The van der Waals surface area contributed by atoms with Crippen molar-refractivity contribution in [3.63, 3.8) is 0 Å². The number of allylic oxidation sites excluding steroid dienone is 10. The number of hydrogen-bond acceptors (Lipinski definition) is 6. The van der Waals surface area contributed by atoms with Crippen molar-refractivity contribution in [1.82, 2.24) is 0 Å². The lowest BCUT2D eigenvalue weighted by Gasteiger charge is -2.18. The van der Waals surface area contributed by atoms with Crippen molar-refractivity contribution in [1.29, 1.82) is 0 Å². The quantitative estimate of drug-likeness (QED) is 0.0262. The van der Waals surface area contributed by atoms with Crippen LogP contribution in [0.15, 0.2) is 60.8 Å². The van der Waals surface area contributed by atoms with Gasteiger partial charge in [-0.15, -0.1) is 0 Å². The predicted molar refractivity (Wildman–Crippen MR) is 284 cm³/mol. The number of esters is 3. The molecule has 0 aromatic heterocycles. The zero-order valence-electron chi connectivity index (χ0n) is 43.7. The molecule has 0 aromatic rings. The van der Waals surface area contributed by atoms with Gasteiger partial charge < -0.3 is 14.2 Å². The van der Waals surface area contributed by atoms with Gasteiger partial charge in [-0.1, -0.05) is 242 Å². The van der Waals surface area contributed by atoms with Gasteiger partial charge >= 0.3 is 17.9 Å². The molecular formula is C60H106O6. The zero-order valence-corrected chi connectivity index (χ0v) is 43.7. The molecule has 0 aliphatic heterocycles. The predicted octanol–water partition coefficient (Wildman–Crippen LogP) is 18.8. The molecule has 6 heteroatoms. The van der Waals surface area contributed by atoms with E-state index in [0.717, 1.165) is 96.3 Å². The van der Waals surface area contributed by atoms with E-state index in [2.05, 4.69) is 81.5 Å². The van der Waals surface area contributed by atoms with Crippen molar-refractivity contribution in [3.8, 4) is 0 Å². The summed E-state index contributed by atoms with van der Waals surface area (Å²) in [7, 11) is 0. The van der Waals surface area contributed by atoms with Crippen LogP contribution in [0.4, 0.5) is 0 Å². The fourth-order valence-electron chi connectivity index (χ4n) is 8.02. The molecule has 0 saturated heterocycles. The second kappa shape index (κ2) is 54.7. The summed E-state index contributed by atoms with van der Waals surface area (Å²) in [5, 5.41) is 0. The topological polar surface area (TPSA) is 78.9 Å². The molecule has 0 amide bonds. The molecular weight excluding hydrogens is 817 g/mol. The molecule has 1 atom stereocenters. The monoisotopic (exact) mass is 923 g/mol. The molecule has 0 bridgehead atoms. The van der Waals surface area contributed by atoms with Crippen molar-refractivity contribution in [2.45, 2.75) is 290 Å². The second-order valence-corrected chi connectivity index (χ2v) is 18.8. The maximum Gasteiger partial charge on any atom is 0.306 e. The second-order valence-electron chi connectivity index (χ2n) is 18.8. The first kappa shape index (κ1) is 63.1. The third-order valence-electron chi connectivity index (χ3n) is 12.3. The molecule has 0 saturated carbocycles. The number of rotatable bonds is 51. The molecule has 0 aliphatic rings. The van der Waals surface area contributed by atoms with E-state index in [4.69, 9.17) is 14.2 Å². The van der Waals surface area contributed by atoms with Gasteiger partial charge in [0, 0.05) is 19.3 Å². The van der Waals surface area contributed by atoms with E-state index in [1.807, 2.05) is 0 Å². The van der Waals surface area contributed by atoms with Crippen LogP contribution >= 0.6 is 0 Å². The van der Waals surface area contributed by atoms with Gasteiger partial charge in [0.05, 0.1) is 0 Å². The van der Waals surface area contributed by atoms with Crippen molar-refractivity contribution in [3.05, 3.63) is 60.8 Å². The van der Waals surface area contributed by atoms with Crippen LogP contribution in [0.25, 0.3) is 0 Å². The van der Waals surface area contributed by atoms with Gasteiger partial charge in [0.1, 0.15) is 13.2 Å². The van der Waals surface area contributed by atoms with Crippen LogP contribution in [0.3, 0.4) is 0 Å². The molecule has 0 aliphatic carbocycles. The summed E-state index contributed by atoms with van der Waals surface area (Å²) in [5.41, 5.74) is 0. The van der Waals surface area contributed by atoms with Gasteiger partial charge in [0.15, 0.2) is 6.10 Å². The van der Waals surface area contributed by atoms with Crippen LogP contribution in [0.5, 0.6) is 0 Å². The van der Waals surface area contributed by atoms with Crippen LogP contribution in [0.1, 0.15) is 284 Å². The van der Waals surface area contributed by atoms with E-state index in [9.17, 15) is 14.4 Å². The Labute approximate surface area is 409 Å². The maximum absolute atomic E-state index is 12.8. The summed E-state index contributed by atoms with van der Waals surface area (Å²) in [6.07, 6.45) is 67.8. The Morgan fingerprint density at radius 2 is 0.591 bits per heavy atom. The molecule has 0 N–H and O–H groups in total. The third kappa shape index (κ3) is 52.1. The van der Waals surface area contributed by atoms with Gasteiger partial charge in [0.2, 0.25) is 0 Å². The molecule has 1 unspecified atom stereocenters. The van der Waals surface area contributed by atoms with Crippen LogP contribution in [0, 0.1) is 0 Å². The fraction of sp³-hybridized carbons (Fsp3) is 0.783. The summed E-state index contributed by atoms with van der Waals surface area (Å²) in [6, 6.07) is 0. The van der Waals surface area contributed by atoms with Crippen molar-refractivity contribution in [2.24, 2.45) is 0 Å². The van der Waals surface area contributed by atoms with Crippen LogP contribution in [-0.2, 0) is 28.6 Å². The van der Waals surface area contributed by atoms with E-state index in [-0.39, 0.29) is 31.1 Å². The van der Waals surface area contributed by atoms with Gasteiger partial charge in [-0.05, 0) is 83.5 Å². The molecule has 0 spiro atoms. The largest absolute Gasteiger partial charge is 0.462 e. The summed E-state index contributed by atoms with van der Waals surface area (Å²) < 4.78 is 16.8. The van der Waals surface area contributed by atoms with Crippen molar-refractivity contribution in [2.75, 3.05) is 13.2 Å². The van der Waals surface area contributed by atoms with E-state index in [1.165, 1.54) is 148 Å². The Morgan fingerprint density at radius 1 is 0.318 bits per heavy atom. The fourth-order valence-corrected chi connectivity index (χ4v) is 8.02. The Kier molecular flexibility index (Phi) is 52.3. The lowest BCUT2D eigenvalue weighted by Crippen LogP contribution is -2.30. The van der Waals surface area contributed by atoms with E-state index >= 15 is 0 Å². The summed E-state index contributed by atoms with van der Waals surface area (Å²) >= 11 is 0. The molecule has 0 fully saturated rings. The van der Waals surface area contributed by atoms with E-state index in [0.29, 0.717) is 19.3 Å². The number of hydrogen-bond donors (Lipinski definition) is 0. The van der Waals surface area contributed by atoms with E-state index in [1.54, 1.807) is 0 Å². The maximum atomic E-state index is 12.8. The van der Waals surface area contributed by atoms with E-state index < -0.39 is 6.10 Å². The van der Waals surface area contributed by atoms with Crippen LogP contribution < -0.4 is 0 Å². The highest BCUT2D eigenvalue weighted by atomic mass is 16.6. The van der Waals surface area contributed by atoms with Crippen molar-refractivity contribution < 1.29 is 28.6 Å². The number of unbranched alkanes of at least 4 members (excludes halogenated alkanes) is 30. The molecule has 382 valence electrons. The standard InChI is InChI=1S/C60H106O6/c1-4-7-10-13-16-19-22-25-27-29-31-32-35-38-41-44-47-50-53-59(62)65-56-57(55-64-58(61)52-49-46-43-40-37-34-24-21-18-15-12-9-6-3)66-60(63)54-51-48-45-42-39-36-33-30-28-26-23-20-17-14-11-8-5-2/h8,11,17,20,26-29,33,36,57H,4-7,9-10,12-16,18-19,21-25,30-32,34-35,37-56H2,1-3H3/b11-8-,20-17-,28-26-,29-27-,36-33-. The first-order chi connectivity index (χ1) is 32.5. The lowest BCUT2D eigenvalue weighted by molar-refractivity contribution is -0.167. The normalized spacial score (nSPS) is 12.5. The zero-order chi connectivity index (χ0) is 47.9. The molecule has 0 heterocycles. The summed E-state index contributed by atoms with van der Waals surface area (Å²) in [6.45, 7) is 6.52.